The SMILES string of the molecule is N=C(N)c1cccc(OCCC2CC2)c1. The average Bonchev–Trinajstić information content (AvgIpc) is 3.02. The van der Waals surface area contributed by atoms with E-state index in [4.69, 9.17) is 15.9 Å². The maximum atomic E-state index is 7.31. The molecule has 0 radical (unpaired) electrons. The molecule has 0 aliphatic heterocycles. The van der Waals surface area contributed by atoms with Crippen molar-refractivity contribution in [2.75, 3.05) is 6.61 Å². The summed E-state index contributed by atoms with van der Waals surface area (Å²) in [5, 5.41) is 7.31. The maximum absolute atomic E-state index is 7.31. The van der Waals surface area contributed by atoms with Gasteiger partial charge in [0.1, 0.15) is 11.6 Å². The molecule has 1 aromatic carbocycles. The quantitative estimate of drug-likeness (QED) is 0.570. The molecule has 0 spiro atoms. The van der Waals surface area contributed by atoms with E-state index in [-0.39, 0.29) is 5.84 Å². The summed E-state index contributed by atoms with van der Waals surface area (Å²) in [6.45, 7) is 0.770. The number of rotatable bonds is 5. The van der Waals surface area contributed by atoms with E-state index in [2.05, 4.69) is 0 Å². The summed E-state index contributed by atoms with van der Waals surface area (Å²) in [7, 11) is 0. The Hall–Kier alpha value is -1.51. The number of nitrogens with two attached hydrogens (primary N) is 1. The van der Waals surface area contributed by atoms with Gasteiger partial charge in [0.2, 0.25) is 0 Å². The lowest BCUT2D eigenvalue weighted by Crippen LogP contribution is -2.11. The van der Waals surface area contributed by atoms with E-state index in [1.807, 2.05) is 24.3 Å². The minimum Gasteiger partial charge on any atom is -0.494 e. The first kappa shape index (κ1) is 10.0. The monoisotopic (exact) mass is 204 g/mol. The third-order valence-corrected chi connectivity index (χ3v) is 2.64. The molecule has 0 heterocycles. The summed E-state index contributed by atoms with van der Waals surface area (Å²) in [4.78, 5) is 0. The Morgan fingerprint density at radius 3 is 2.93 bits per heavy atom. The molecule has 1 aliphatic carbocycles. The summed E-state index contributed by atoms with van der Waals surface area (Å²) in [5.41, 5.74) is 6.12. The zero-order chi connectivity index (χ0) is 10.7. The summed E-state index contributed by atoms with van der Waals surface area (Å²) in [6, 6.07) is 7.40. The van der Waals surface area contributed by atoms with Crippen molar-refractivity contribution in [3.63, 3.8) is 0 Å². The molecule has 0 unspecified atom stereocenters. The minimum atomic E-state index is 0.0858. The predicted molar refractivity (Wildman–Crippen MR) is 60.3 cm³/mol. The lowest BCUT2D eigenvalue weighted by atomic mass is 10.2. The van der Waals surface area contributed by atoms with Crippen LogP contribution in [-0.4, -0.2) is 12.4 Å². The second-order valence-electron chi connectivity index (χ2n) is 4.02. The molecule has 3 N–H and O–H groups in total. The molecular formula is C12H16N2O. The topological polar surface area (TPSA) is 59.1 Å². The van der Waals surface area contributed by atoms with Crippen molar-refractivity contribution in [1.82, 2.24) is 0 Å². The molecule has 0 saturated heterocycles. The van der Waals surface area contributed by atoms with Crippen LogP contribution in [0, 0.1) is 11.3 Å². The van der Waals surface area contributed by atoms with Crippen LogP contribution in [0.3, 0.4) is 0 Å². The van der Waals surface area contributed by atoms with Gasteiger partial charge in [0.25, 0.3) is 0 Å². The van der Waals surface area contributed by atoms with Crippen molar-refractivity contribution in [2.45, 2.75) is 19.3 Å². The predicted octanol–water partition coefficient (Wildman–Crippen LogP) is 2.15. The molecule has 1 saturated carbocycles. The Kier molecular flexibility index (Phi) is 2.90. The van der Waals surface area contributed by atoms with Gasteiger partial charge in [0, 0.05) is 5.56 Å². The van der Waals surface area contributed by atoms with Gasteiger partial charge in [-0.15, -0.1) is 0 Å². The highest BCUT2D eigenvalue weighted by Gasteiger charge is 2.20. The highest BCUT2D eigenvalue weighted by atomic mass is 16.5. The van der Waals surface area contributed by atoms with E-state index in [1.165, 1.54) is 12.8 Å². The van der Waals surface area contributed by atoms with Crippen molar-refractivity contribution in [1.29, 1.82) is 5.41 Å². The summed E-state index contributed by atoms with van der Waals surface area (Å²) >= 11 is 0. The number of hydrogen-bond donors (Lipinski definition) is 2. The third kappa shape index (κ3) is 2.98. The van der Waals surface area contributed by atoms with Crippen molar-refractivity contribution in [3.8, 4) is 5.75 Å². The van der Waals surface area contributed by atoms with Crippen LogP contribution < -0.4 is 10.5 Å². The normalized spacial score (nSPS) is 14.9. The van der Waals surface area contributed by atoms with Crippen molar-refractivity contribution < 1.29 is 4.74 Å². The molecule has 1 aliphatic rings. The first-order valence-electron chi connectivity index (χ1n) is 5.33. The first-order chi connectivity index (χ1) is 7.25. The Balaban J connectivity index is 1.88. The summed E-state index contributed by atoms with van der Waals surface area (Å²) in [5.74, 6) is 1.78. The number of benzene rings is 1. The molecule has 1 aromatic rings. The maximum Gasteiger partial charge on any atom is 0.122 e. The van der Waals surface area contributed by atoms with E-state index in [0.717, 1.165) is 30.3 Å². The Labute approximate surface area is 89.8 Å². The second kappa shape index (κ2) is 4.34. The molecule has 1 fully saturated rings. The highest BCUT2D eigenvalue weighted by molar-refractivity contribution is 5.95. The molecule has 3 nitrogen and oxygen atoms in total. The van der Waals surface area contributed by atoms with Crippen molar-refractivity contribution >= 4 is 5.84 Å². The second-order valence-corrected chi connectivity index (χ2v) is 4.02. The van der Waals surface area contributed by atoms with Gasteiger partial charge < -0.3 is 10.5 Å². The highest BCUT2D eigenvalue weighted by Crippen LogP contribution is 2.32. The van der Waals surface area contributed by atoms with E-state index >= 15 is 0 Å². The standard InChI is InChI=1S/C12H16N2O/c13-12(14)10-2-1-3-11(8-10)15-7-6-9-4-5-9/h1-3,8-9H,4-7H2,(H3,13,14). The molecule has 2 rings (SSSR count). The molecule has 15 heavy (non-hydrogen) atoms. The molecule has 0 aromatic heterocycles. The van der Waals surface area contributed by atoms with E-state index < -0.39 is 0 Å². The van der Waals surface area contributed by atoms with E-state index in [1.54, 1.807) is 0 Å². The fraction of sp³-hybridized carbons (Fsp3) is 0.417. The van der Waals surface area contributed by atoms with Crippen LogP contribution in [-0.2, 0) is 0 Å². The number of amidine groups is 1. The lowest BCUT2D eigenvalue weighted by molar-refractivity contribution is 0.302. The van der Waals surface area contributed by atoms with Crippen LogP contribution in [0.4, 0.5) is 0 Å². The first-order valence-corrected chi connectivity index (χ1v) is 5.33. The van der Waals surface area contributed by atoms with Gasteiger partial charge in [0.15, 0.2) is 0 Å². The molecule has 0 amide bonds. The lowest BCUT2D eigenvalue weighted by Gasteiger charge is -2.06. The van der Waals surface area contributed by atoms with Gasteiger partial charge in [-0.25, -0.2) is 0 Å². The zero-order valence-corrected chi connectivity index (χ0v) is 8.70. The average molecular weight is 204 g/mol. The van der Waals surface area contributed by atoms with Gasteiger partial charge in [-0.05, 0) is 24.5 Å². The molecular weight excluding hydrogens is 188 g/mol. The van der Waals surface area contributed by atoms with Crippen molar-refractivity contribution in [2.24, 2.45) is 11.7 Å². The van der Waals surface area contributed by atoms with Crippen LogP contribution in [0.2, 0.25) is 0 Å². The molecule has 3 heteroatoms. The third-order valence-electron chi connectivity index (χ3n) is 2.64. The van der Waals surface area contributed by atoms with Gasteiger partial charge >= 0.3 is 0 Å². The van der Waals surface area contributed by atoms with Crippen LogP contribution in [0.1, 0.15) is 24.8 Å². The number of ether oxygens (including phenoxy) is 1. The molecule has 0 atom stereocenters. The van der Waals surface area contributed by atoms with Gasteiger partial charge in [-0.1, -0.05) is 25.0 Å². The summed E-state index contributed by atoms with van der Waals surface area (Å²) < 4.78 is 5.60. The Bertz CT molecular complexity index is 358. The molecule has 0 bridgehead atoms. The van der Waals surface area contributed by atoms with Crippen molar-refractivity contribution in [3.05, 3.63) is 29.8 Å². The number of nitrogen functional groups attached to an aromatic ring is 1. The Morgan fingerprint density at radius 1 is 1.47 bits per heavy atom. The number of hydrogen-bond acceptors (Lipinski definition) is 2. The largest absolute Gasteiger partial charge is 0.494 e. The van der Waals surface area contributed by atoms with E-state index in [9.17, 15) is 0 Å². The fourth-order valence-electron chi connectivity index (χ4n) is 1.50. The van der Waals surface area contributed by atoms with Crippen LogP contribution in [0.25, 0.3) is 0 Å². The smallest absolute Gasteiger partial charge is 0.122 e. The van der Waals surface area contributed by atoms with Gasteiger partial charge in [-0.3, -0.25) is 5.41 Å². The minimum absolute atomic E-state index is 0.0858. The van der Waals surface area contributed by atoms with Gasteiger partial charge in [-0.2, -0.15) is 0 Å². The van der Waals surface area contributed by atoms with Crippen LogP contribution >= 0.6 is 0 Å². The number of nitrogens with one attached hydrogen (secondary N) is 1. The van der Waals surface area contributed by atoms with E-state index in [0.29, 0.717) is 0 Å². The molecule has 80 valence electrons. The van der Waals surface area contributed by atoms with Crippen LogP contribution in [0.5, 0.6) is 5.75 Å². The summed E-state index contributed by atoms with van der Waals surface area (Å²) in [6.07, 6.45) is 3.86. The van der Waals surface area contributed by atoms with Crippen LogP contribution in [0.15, 0.2) is 24.3 Å². The fourth-order valence-corrected chi connectivity index (χ4v) is 1.50. The van der Waals surface area contributed by atoms with Gasteiger partial charge in [0.05, 0.1) is 6.61 Å². The Morgan fingerprint density at radius 2 is 2.27 bits per heavy atom. The zero-order valence-electron chi connectivity index (χ0n) is 8.70.